The summed E-state index contributed by atoms with van der Waals surface area (Å²) in [6, 6.07) is 0.369. The first-order valence-electron chi connectivity index (χ1n) is 8.57. The zero-order chi connectivity index (χ0) is 16.1. The monoisotopic (exact) mass is 335 g/mol. The number of hydrogen-bond acceptors (Lipinski definition) is 4. The molecule has 1 aromatic heterocycles. The van der Waals surface area contributed by atoms with Crippen molar-refractivity contribution in [2.24, 2.45) is 17.8 Å². The van der Waals surface area contributed by atoms with Crippen molar-refractivity contribution in [3.63, 3.8) is 0 Å². The molecule has 23 heavy (non-hydrogen) atoms. The number of likely N-dealkylation sites (tertiary alicyclic amines) is 1. The van der Waals surface area contributed by atoms with Crippen LogP contribution in [0.15, 0.2) is 5.38 Å². The molecule has 1 aromatic rings. The van der Waals surface area contributed by atoms with E-state index in [4.69, 9.17) is 4.74 Å². The fourth-order valence-electron chi connectivity index (χ4n) is 4.98. The fraction of sp³-hybridized carbons (Fsp3) is 0.765. The number of fused-ring (bicyclic) bond motifs is 1. The maximum atomic E-state index is 12.7. The van der Waals surface area contributed by atoms with E-state index in [1.165, 1.54) is 12.8 Å². The average molecular weight is 335 g/mol. The van der Waals surface area contributed by atoms with Crippen molar-refractivity contribution in [1.29, 1.82) is 0 Å². The van der Waals surface area contributed by atoms with Crippen LogP contribution in [-0.4, -0.2) is 48.3 Å². The molecule has 2 aliphatic carbocycles. The summed E-state index contributed by atoms with van der Waals surface area (Å²) in [4.78, 5) is 19.3. The molecule has 6 unspecified atom stereocenters. The summed E-state index contributed by atoms with van der Waals surface area (Å²) in [5, 5.41) is 6.29. The minimum Gasteiger partial charge on any atom is -0.379 e. The Morgan fingerprint density at radius 3 is 3.04 bits per heavy atom. The minimum atomic E-state index is 0.0761. The third-order valence-corrected chi connectivity index (χ3v) is 7.16. The van der Waals surface area contributed by atoms with Crippen molar-refractivity contribution in [2.75, 3.05) is 20.2 Å². The minimum absolute atomic E-state index is 0.0761. The number of carbonyl (C=O) groups excluding carboxylic acids is 1. The van der Waals surface area contributed by atoms with E-state index in [9.17, 15) is 4.79 Å². The van der Waals surface area contributed by atoms with Crippen LogP contribution in [0.25, 0.3) is 0 Å². The average Bonchev–Trinajstić information content (AvgIpc) is 3.24. The number of thiazole rings is 1. The molecule has 2 saturated carbocycles. The number of methoxy groups -OCH3 is 1. The van der Waals surface area contributed by atoms with Crippen LogP contribution in [0.3, 0.4) is 0 Å². The molecule has 0 aromatic carbocycles. The standard InChI is InChI=1S/C17H25N3O2S/c1-9(16-19-10(2)8-23-16)6-18-17(21)20-7-12-4-11-5-13(12)14(20)15(11)22-3/h8-9,11-15H,4-7H2,1-3H3,(H,18,21). The second kappa shape index (κ2) is 5.74. The van der Waals surface area contributed by atoms with E-state index in [2.05, 4.69) is 27.5 Å². The van der Waals surface area contributed by atoms with Gasteiger partial charge in [-0.3, -0.25) is 0 Å². The second-order valence-corrected chi connectivity index (χ2v) is 8.30. The summed E-state index contributed by atoms with van der Waals surface area (Å²) in [6.07, 6.45) is 2.72. The number of nitrogens with zero attached hydrogens (tertiary/aromatic N) is 2. The molecule has 0 radical (unpaired) electrons. The number of amides is 2. The van der Waals surface area contributed by atoms with Gasteiger partial charge in [0.05, 0.1) is 17.2 Å². The predicted molar refractivity (Wildman–Crippen MR) is 89.7 cm³/mol. The molecular formula is C17H25N3O2S. The molecule has 3 fully saturated rings. The summed E-state index contributed by atoms with van der Waals surface area (Å²) < 4.78 is 5.72. The van der Waals surface area contributed by atoms with Crippen molar-refractivity contribution >= 4 is 17.4 Å². The summed E-state index contributed by atoms with van der Waals surface area (Å²) in [5.74, 6) is 2.28. The summed E-state index contributed by atoms with van der Waals surface area (Å²) in [6.45, 7) is 5.68. The lowest BCUT2D eigenvalue weighted by atomic mass is 9.88. The van der Waals surface area contributed by atoms with Gasteiger partial charge in [0.2, 0.25) is 0 Å². The van der Waals surface area contributed by atoms with Crippen molar-refractivity contribution < 1.29 is 9.53 Å². The van der Waals surface area contributed by atoms with E-state index in [0.29, 0.717) is 30.3 Å². The summed E-state index contributed by atoms with van der Waals surface area (Å²) >= 11 is 1.67. The van der Waals surface area contributed by atoms with Crippen molar-refractivity contribution in [3.8, 4) is 0 Å². The number of hydrogen-bond donors (Lipinski definition) is 1. The van der Waals surface area contributed by atoms with Crippen molar-refractivity contribution in [3.05, 3.63) is 16.1 Å². The smallest absolute Gasteiger partial charge is 0.317 e. The Labute approximate surface area is 141 Å². The Bertz CT molecular complexity index is 602. The normalized spacial score (nSPS) is 35.8. The Hall–Kier alpha value is -1.14. The number of rotatable bonds is 4. The molecule has 0 spiro atoms. The van der Waals surface area contributed by atoms with Gasteiger partial charge in [0.15, 0.2) is 0 Å². The zero-order valence-corrected chi connectivity index (χ0v) is 14.8. The Kier molecular flexibility index (Phi) is 3.84. The van der Waals surface area contributed by atoms with E-state index in [-0.39, 0.29) is 18.1 Å². The Morgan fingerprint density at radius 1 is 1.52 bits per heavy atom. The van der Waals surface area contributed by atoms with Gasteiger partial charge in [0.1, 0.15) is 0 Å². The largest absolute Gasteiger partial charge is 0.379 e. The molecule has 3 aliphatic rings. The van der Waals surface area contributed by atoms with Gasteiger partial charge in [-0.15, -0.1) is 11.3 Å². The van der Waals surface area contributed by atoms with E-state index in [1.807, 2.05) is 6.92 Å². The predicted octanol–water partition coefficient (Wildman–Crippen LogP) is 2.62. The van der Waals surface area contributed by atoms with Gasteiger partial charge < -0.3 is 15.0 Å². The molecule has 2 heterocycles. The van der Waals surface area contributed by atoms with Gasteiger partial charge in [0.25, 0.3) is 0 Å². The van der Waals surface area contributed by atoms with E-state index >= 15 is 0 Å². The third-order valence-electron chi connectivity index (χ3n) is 5.97. The van der Waals surface area contributed by atoms with Gasteiger partial charge in [-0.2, -0.15) is 0 Å². The van der Waals surface area contributed by atoms with Gasteiger partial charge in [-0.05, 0) is 37.5 Å². The van der Waals surface area contributed by atoms with Gasteiger partial charge in [-0.1, -0.05) is 6.92 Å². The van der Waals surface area contributed by atoms with E-state index < -0.39 is 0 Å². The molecular weight excluding hydrogens is 310 g/mol. The highest BCUT2D eigenvalue weighted by atomic mass is 32.1. The van der Waals surface area contributed by atoms with Crippen LogP contribution in [0, 0.1) is 24.7 Å². The summed E-state index contributed by atoms with van der Waals surface area (Å²) in [5.41, 5.74) is 1.05. The SMILES string of the molecule is COC1C2CC3CN(C(=O)NCC(C)c4nc(C)cs4)C1C3C2. The first-order chi connectivity index (χ1) is 11.1. The Balaban J connectivity index is 1.38. The summed E-state index contributed by atoms with van der Waals surface area (Å²) in [7, 11) is 1.79. The van der Waals surface area contributed by atoms with Crippen LogP contribution in [0.4, 0.5) is 4.79 Å². The maximum Gasteiger partial charge on any atom is 0.317 e. The number of nitrogens with one attached hydrogen (secondary N) is 1. The van der Waals surface area contributed by atoms with Crippen molar-refractivity contribution in [1.82, 2.24) is 15.2 Å². The lowest BCUT2D eigenvalue weighted by molar-refractivity contribution is 0.0189. The maximum absolute atomic E-state index is 12.7. The molecule has 6 atom stereocenters. The molecule has 1 N–H and O–H groups in total. The molecule has 1 saturated heterocycles. The van der Waals surface area contributed by atoms with Gasteiger partial charge >= 0.3 is 6.03 Å². The lowest BCUT2D eigenvalue weighted by Crippen LogP contribution is -2.49. The van der Waals surface area contributed by atoms with E-state index in [0.717, 1.165) is 17.2 Å². The topological polar surface area (TPSA) is 54.5 Å². The second-order valence-electron chi connectivity index (χ2n) is 7.41. The van der Waals surface area contributed by atoms with E-state index in [1.54, 1.807) is 18.4 Å². The lowest BCUT2D eigenvalue weighted by Gasteiger charge is -2.31. The zero-order valence-electron chi connectivity index (χ0n) is 14.0. The van der Waals surface area contributed by atoms with Crippen LogP contribution >= 0.6 is 11.3 Å². The first kappa shape index (κ1) is 15.4. The number of carbonyl (C=O) groups is 1. The van der Waals surface area contributed by atoms with Gasteiger partial charge in [-0.25, -0.2) is 9.78 Å². The number of ether oxygens (including phenoxy) is 1. The fourth-order valence-corrected chi connectivity index (χ4v) is 5.84. The number of aryl methyl sites for hydroxylation is 1. The molecule has 2 bridgehead atoms. The van der Waals surface area contributed by atoms with Crippen LogP contribution in [-0.2, 0) is 4.74 Å². The number of aromatic nitrogens is 1. The van der Waals surface area contributed by atoms with Crippen LogP contribution < -0.4 is 5.32 Å². The molecule has 5 nitrogen and oxygen atoms in total. The van der Waals surface area contributed by atoms with Crippen LogP contribution in [0.2, 0.25) is 0 Å². The van der Waals surface area contributed by atoms with Crippen LogP contribution in [0.5, 0.6) is 0 Å². The van der Waals surface area contributed by atoms with Gasteiger partial charge in [0, 0.05) is 37.2 Å². The molecule has 6 heteroatoms. The third kappa shape index (κ3) is 2.47. The Morgan fingerprint density at radius 2 is 2.35 bits per heavy atom. The molecule has 1 aliphatic heterocycles. The number of urea groups is 1. The molecule has 4 rings (SSSR count). The highest BCUT2D eigenvalue weighted by Crippen LogP contribution is 2.55. The molecule has 126 valence electrons. The molecule has 2 amide bonds. The quantitative estimate of drug-likeness (QED) is 0.920. The van der Waals surface area contributed by atoms with Crippen molar-refractivity contribution in [2.45, 2.75) is 44.8 Å². The first-order valence-corrected chi connectivity index (χ1v) is 9.45. The van der Waals surface area contributed by atoms with Crippen LogP contribution in [0.1, 0.15) is 36.4 Å². The highest BCUT2D eigenvalue weighted by Gasteiger charge is 2.60. The highest BCUT2D eigenvalue weighted by molar-refractivity contribution is 7.09.